The molecule has 5 heteroatoms. The van der Waals surface area contributed by atoms with Crippen LogP contribution in [0.4, 0.5) is 10.8 Å². The minimum absolute atomic E-state index is 0.921. The van der Waals surface area contributed by atoms with Crippen molar-refractivity contribution in [1.29, 1.82) is 0 Å². The topological polar surface area (TPSA) is 29.9 Å². The highest BCUT2D eigenvalue weighted by Gasteiger charge is 2.14. The maximum atomic E-state index is 4.78. The van der Waals surface area contributed by atoms with E-state index in [4.69, 9.17) is 4.98 Å². The van der Waals surface area contributed by atoms with E-state index in [1.165, 1.54) is 21.8 Å². The molecule has 25 heavy (non-hydrogen) atoms. The first-order valence-electron chi connectivity index (χ1n) is 8.18. The second-order valence-electron chi connectivity index (χ2n) is 5.98. The lowest BCUT2D eigenvalue weighted by Gasteiger charge is -2.08. The van der Waals surface area contributed by atoms with Crippen LogP contribution in [0.5, 0.6) is 0 Å². The molecule has 3 aromatic heterocycles. The maximum absolute atomic E-state index is 4.78. The van der Waals surface area contributed by atoms with E-state index in [1.807, 2.05) is 30.3 Å². The first kappa shape index (κ1) is 16.1. The van der Waals surface area contributed by atoms with Gasteiger partial charge in [0.2, 0.25) is 0 Å². The summed E-state index contributed by atoms with van der Waals surface area (Å²) in [6.45, 7) is 5.27. The predicted molar refractivity (Wildman–Crippen MR) is 108 cm³/mol. The average molecular weight is 366 g/mol. The monoisotopic (exact) mass is 365 g/mol. The normalized spacial score (nSPS) is 11.0. The summed E-state index contributed by atoms with van der Waals surface area (Å²) in [4.78, 5) is 6.16. The van der Waals surface area contributed by atoms with E-state index in [0.29, 0.717) is 0 Å². The van der Waals surface area contributed by atoms with Crippen molar-refractivity contribution >= 4 is 33.5 Å². The molecule has 0 fully saturated rings. The van der Waals surface area contributed by atoms with Crippen LogP contribution in [0.1, 0.15) is 16.3 Å². The molecule has 0 spiro atoms. The van der Waals surface area contributed by atoms with Crippen LogP contribution in [0.2, 0.25) is 0 Å². The molecule has 1 N–H and O–H groups in total. The van der Waals surface area contributed by atoms with Crippen molar-refractivity contribution in [3.63, 3.8) is 0 Å². The van der Waals surface area contributed by atoms with Crippen LogP contribution >= 0.6 is 22.7 Å². The predicted octanol–water partition coefficient (Wildman–Crippen LogP) is 6.08. The van der Waals surface area contributed by atoms with Crippen molar-refractivity contribution < 1.29 is 0 Å². The molecule has 0 aliphatic rings. The maximum Gasteiger partial charge on any atom is 0.187 e. The van der Waals surface area contributed by atoms with Gasteiger partial charge in [-0.1, -0.05) is 24.3 Å². The Hall–Kier alpha value is -2.37. The zero-order chi connectivity index (χ0) is 17.2. The van der Waals surface area contributed by atoms with E-state index in [1.54, 1.807) is 22.7 Å². The molecule has 0 saturated heterocycles. The minimum atomic E-state index is 0.921. The summed E-state index contributed by atoms with van der Waals surface area (Å²) in [5, 5.41) is 8.55. The van der Waals surface area contributed by atoms with Gasteiger partial charge < -0.3 is 9.88 Å². The second kappa shape index (κ2) is 6.86. The van der Waals surface area contributed by atoms with E-state index >= 15 is 0 Å². The molecule has 0 aliphatic carbocycles. The van der Waals surface area contributed by atoms with Gasteiger partial charge in [0.15, 0.2) is 5.13 Å². The third kappa shape index (κ3) is 3.38. The Bertz CT molecular complexity index is 966. The first-order chi connectivity index (χ1) is 12.2. The number of nitrogens with zero attached hydrogens (tertiary/aromatic N) is 2. The number of anilines is 2. The molecular weight excluding hydrogens is 346 g/mol. The number of hydrogen-bond acceptors (Lipinski definition) is 4. The first-order valence-corrected chi connectivity index (χ1v) is 9.94. The largest absolute Gasteiger partial charge is 0.343 e. The Morgan fingerprint density at radius 1 is 1.04 bits per heavy atom. The highest BCUT2D eigenvalue weighted by Crippen LogP contribution is 2.31. The van der Waals surface area contributed by atoms with Crippen molar-refractivity contribution in [1.82, 2.24) is 9.55 Å². The van der Waals surface area contributed by atoms with E-state index in [9.17, 15) is 0 Å². The molecule has 0 atom stereocenters. The van der Waals surface area contributed by atoms with Gasteiger partial charge in [-0.25, -0.2) is 4.98 Å². The third-order valence-electron chi connectivity index (χ3n) is 4.27. The lowest BCUT2D eigenvalue weighted by Crippen LogP contribution is -2.02. The fraction of sp³-hybridized carbons (Fsp3) is 0.150. The van der Waals surface area contributed by atoms with Gasteiger partial charge in [-0.05, 0) is 43.5 Å². The van der Waals surface area contributed by atoms with Gasteiger partial charge in [0.05, 0.1) is 12.2 Å². The minimum Gasteiger partial charge on any atom is -0.343 e. The SMILES string of the molecule is Cc1cc(-c2csc(Nc3ccccc3)n2)c(C)n1Cc1cccs1. The fourth-order valence-electron chi connectivity index (χ4n) is 2.96. The average Bonchev–Trinajstić information content (AvgIpc) is 3.34. The number of hydrogen-bond donors (Lipinski definition) is 1. The Labute approximate surface area is 155 Å². The number of para-hydroxylation sites is 1. The highest BCUT2D eigenvalue weighted by molar-refractivity contribution is 7.14. The van der Waals surface area contributed by atoms with Gasteiger partial charge in [-0.3, -0.25) is 0 Å². The van der Waals surface area contributed by atoms with Gasteiger partial charge >= 0.3 is 0 Å². The van der Waals surface area contributed by atoms with Crippen LogP contribution < -0.4 is 5.32 Å². The number of rotatable bonds is 5. The van der Waals surface area contributed by atoms with Gasteiger partial charge in [-0.2, -0.15) is 0 Å². The van der Waals surface area contributed by atoms with Crippen LogP contribution in [-0.2, 0) is 6.54 Å². The number of aryl methyl sites for hydroxylation is 1. The summed E-state index contributed by atoms with van der Waals surface area (Å²) in [5.41, 5.74) is 5.85. The number of thiazole rings is 1. The number of aromatic nitrogens is 2. The van der Waals surface area contributed by atoms with E-state index in [0.717, 1.165) is 23.1 Å². The molecule has 1 aromatic carbocycles. The van der Waals surface area contributed by atoms with Gasteiger partial charge in [0.25, 0.3) is 0 Å². The highest BCUT2D eigenvalue weighted by atomic mass is 32.1. The standard InChI is InChI=1S/C20H19N3S2/c1-14-11-18(15(2)23(14)12-17-9-6-10-24-17)19-13-25-20(22-19)21-16-7-4-3-5-8-16/h3-11,13H,12H2,1-2H3,(H,21,22). The molecular formula is C20H19N3S2. The molecule has 3 heterocycles. The van der Waals surface area contributed by atoms with Crippen LogP contribution in [0.3, 0.4) is 0 Å². The molecule has 0 amide bonds. The van der Waals surface area contributed by atoms with Crippen LogP contribution in [0.15, 0.2) is 59.3 Å². The second-order valence-corrected chi connectivity index (χ2v) is 7.87. The van der Waals surface area contributed by atoms with E-state index in [-0.39, 0.29) is 0 Å². The van der Waals surface area contributed by atoms with Crippen LogP contribution in [0.25, 0.3) is 11.3 Å². The van der Waals surface area contributed by atoms with Gasteiger partial charge in [-0.15, -0.1) is 22.7 Å². The van der Waals surface area contributed by atoms with E-state index < -0.39 is 0 Å². The molecule has 0 aliphatic heterocycles. The van der Waals surface area contributed by atoms with Crippen molar-refractivity contribution in [3.8, 4) is 11.3 Å². The molecule has 0 unspecified atom stereocenters. The van der Waals surface area contributed by atoms with Crippen LogP contribution in [0, 0.1) is 13.8 Å². The molecule has 0 radical (unpaired) electrons. The Morgan fingerprint density at radius 3 is 2.64 bits per heavy atom. The molecule has 4 rings (SSSR count). The Kier molecular flexibility index (Phi) is 4.42. The summed E-state index contributed by atoms with van der Waals surface area (Å²) >= 11 is 3.44. The molecule has 126 valence electrons. The smallest absolute Gasteiger partial charge is 0.187 e. The lowest BCUT2D eigenvalue weighted by atomic mass is 10.2. The zero-order valence-electron chi connectivity index (χ0n) is 14.2. The number of thiophene rings is 1. The number of nitrogens with one attached hydrogen (secondary N) is 1. The molecule has 4 aromatic rings. The van der Waals surface area contributed by atoms with Crippen molar-refractivity contribution in [2.24, 2.45) is 0 Å². The molecule has 0 bridgehead atoms. The summed E-state index contributed by atoms with van der Waals surface area (Å²) in [6, 6.07) is 16.7. The van der Waals surface area contributed by atoms with Crippen molar-refractivity contribution in [3.05, 3.63) is 75.6 Å². The zero-order valence-corrected chi connectivity index (χ0v) is 15.8. The summed E-state index contributed by atoms with van der Waals surface area (Å²) in [7, 11) is 0. The fourth-order valence-corrected chi connectivity index (χ4v) is 4.39. The quantitative estimate of drug-likeness (QED) is 0.464. The lowest BCUT2D eigenvalue weighted by molar-refractivity contribution is 0.760. The molecule has 0 saturated carbocycles. The van der Waals surface area contributed by atoms with Gasteiger partial charge in [0.1, 0.15) is 0 Å². The third-order valence-corrected chi connectivity index (χ3v) is 5.89. The summed E-state index contributed by atoms with van der Waals surface area (Å²) < 4.78 is 2.37. The van der Waals surface area contributed by atoms with Crippen molar-refractivity contribution in [2.75, 3.05) is 5.32 Å². The van der Waals surface area contributed by atoms with Crippen LogP contribution in [-0.4, -0.2) is 9.55 Å². The van der Waals surface area contributed by atoms with Gasteiger partial charge in [0, 0.05) is 32.9 Å². The molecule has 3 nitrogen and oxygen atoms in total. The summed E-state index contributed by atoms with van der Waals surface area (Å²) in [5.74, 6) is 0. The Morgan fingerprint density at radius 2 is 1.88 bits per heavy atom. The summed E-state index contributed by atoms with van der Waals surface area (Å²) in [6.07, 6.45) is 0. The Balaban J connectivity index is 1.60. The van der Waals surface area contributed by atoms with E-state index in [2.05, 4.69) is 52.7 Å². The number of benzene rings is 1. The van der Waals surface area contributed by atoms with Crippen molar-refractivity contribution in [2.45, 2.75) is 20.4 Å².